The number of nitrogens with one attached hydrogen (secondary N) is 1. The van der Waals surface area contributed by atoms with E-state index in [0.29, 0.717) is 28.6 Å². The molecule has 2 aromatic heterocycles. The smallest absolute Gasteiger partial charge is 0.868 e. The first kappa shape index (κ1) is 29.5. The molecule has 6 heteroatoms. The molecule has 0 aliphatic carbocycles. The average Bonchev–Trinajstić information content (AvgIpc) is 3.14. The van der Waals surface area contributed by atoms with E-state index in [1.807, 2.05) is 97.1 Å². The molecule has 7 aromatic carbocycles. The molecule has 5 nitrogen and oxygen atoms in total. The van der Waals surface area contributed by atoms with E-state index in [2.05, 4.69) is 53.5 Å². The normalized spacial score (nSPS) is 11.2. The summed E-state index contributed by atoms with van der Waals surface area (Å²) in [6, 6.07) is 49.0. The van der Waals surface area contributed by atoms with E-state index in [0.717, 1.165) is 60.0 Å². The van der Waals surface area contributed by atoms with Gasteiger partial charge in [-0.15, -0.1) is 0 Å². The standard InChI is InChI=1S/C42H26N4O.Li/c47-39-35(21-20-26-16-10-24-43-38(26)39)37-30-17-8-7-15-29(30)25-36-31-18-9-19-34(32(31)22-23-33(36)37)42-45-40(27-11-3-1-4-12-27)44-41(46-42)28-13-5-2-6-14-28;/h1-25,47H;/q;+1. The number of aromatic amines is 1. The third-order valence-corrected chi connectivity index (χ3v) is 8.90. The zero-order valence-corrected chi connectivity index (χ0v) is 26.2. The summed E-state index contributed by atoms with van der Waals surface area (Å²) in [6.07, 6.45) is 1.80. The van der Waals surface area contributed by atoms with Crippen LogP contribution in [0, 0.1) is 0 Å². The average molecular weight is 610 g/mol. The Balaban J connectivity index is 0.00000336. The molecule has 0 aliphatic heterocycles. The number of hydrogen-bond acceptors (Lipinski definition) is 4. The number of fused-ring (bicyclic) bond motifs is 5. The summed E-state index contributed by atoms with van der Waals surface area (Å²) in [7, 11) is 0. The molecule has 0 fully saturated rings. The van der Waals surface area contributed by atoms with Gasteiger partial charge in [-0.25, -0.2) is 19.9 Å². The van der Waals surface area contributed by atoms with E-state index in [1.165, 1.54) is 0 Å². The van der Waals surface area contributed by atoms with Gasteiger partial charge in [0, 0.05) is 28.1 Å². The topological polar surface area (TPSA) is 75.9 Å². The fourth-order valence-electron chi connectivity index (χ4n) is 6.69. The second kappa shape index (κ2) is 12.1. The zero-order valence-electron chi connectivity index (χ0n) is 26.2. The van der Waals surface area contributed by atoms with Crippen molar-refractivity contribution in [1.82, 2.24) is 15.0 Å². The minimum absolute atomic E-state index is 0. The first-order chi connectivity index (χ1) is 23.2. The monoisotopic (exact) mass is 609 g/mol. The summed E-state index contributed by atoms with van der Waals surface area (Å²) in [5.41, 5.74) is 4.99. The van der Waals surface area contributed by atoms with Crippen LogP contribution in [0.2, 0.25) is 0 Å². The maximum atomic E-state index is 14.0. The second-order valence-electron chi connectivity index (χ2n) is 11.6. The van der Waals surface area contributed by atoms with Gasteiger partial charge >= 0.3 is 18.9 Å². The molecule has 1 N–H and O–H groups in total. The Labute approximate surface area is 288 Å². The van der Waals surface area contributed by atoms with Gasteiger partial charge < -0.3 is 5.11 Å². The number of benzene rings is 7. The second-order valence-corrected chi connectivity index (χ2v) is 11.6. The van der Waals surface area contributed by atoms with Crippen molar-refractivity contribution in [3.8, 4) is 51.0 Å². The van der Waals surface area contributed by atoms with Gasteiger partial charge in [-0.1, -0.05) is 121 Å². The Kier molecular flexibility index (Phi) is 7.42. The van der Waals surface area contributed by atoms with Crippen LogP contribution >= 0.6 is 0 Å². The van der Waals surface area contributed by atoms with E-state index in [1.54, 1.807) is 6.20 Å². The molecule has 0 atom stereocenters. The summed E-state index contributed by atoms with van der Waals surface area (Å²) in [4.78, 5) is 18.1. The van der Waals surface area contributed by atoms with Gasteiger partial charge in [0.1, 0.15) is 0 Å². The van der Waals surface area contributed by atoms with Crippen molar-refractivity contribution >= 4 is 43.2 Å². The third-order valence-electron chi connectivity index (χ3n) is 8.90. The Morgan fingerprint density at radius 1 is 0.438 bits per heavy atom. The van der Waals surface area contributed by atoms with E-state index in [-0.39, 0.29) is 24.6 Å². The van der Waals surface area contributed by atoms with Crippen molar-refractivity contribution in [3.63, 3.8) is 0 Å². The third kappa shape index (κ3) is 4.89. The van der Waals surface area contributed by atoms with Gasteiger partial charge in [0.25, 0.3) is 0 Å². The number of hydrogen-bond donors (Lipinski definition) is 0. The molecule has 0 amide bonds. The summed E-state index contributed by atoms with van der Waals surface area (Å²) in [5.74, 6) is 1.84. The van der Waals surface area contributed by atoms with Crippen molar-refractivity contribution in [2.24, 2.45) is 0 Å². The van der Waals surface area contributed by atoms with Crippen molar-refractivity contribution in [3.05, 3.63) is 152 Å². The van der Waals surface area contributed by atoms with Crippen LogP contribution in [0.1, 0.15) is 0 Å². The SMILES string of the molecule is [Li+].[O-]c1c(-c2c3ccccc3cc3c2ccc2c(-c4nc(-c5ccccc5)nc(-c5ccccc5)n4)cccc23)ccc2ccc[nH+]c12. The Morgan fingerprint density at radius 3 is 1.81 bits per heavy atom. The molecular weight excluding hydrogens is 583 g/mol. The number of aromatic nitrogens is 4. The maximum Gasteiger partial charge on any atom is 1.00 e. The molecule has 0 bridgehead atoms. The maximum absolute atomic E-state index is 14.0. The van der Waals surface area contributed by atoms with Crippen molar-refractivity contribution in [1.29, 1.82) is 0 Å². The zero-order chi connectivity index (χ0) is 31.3. The number of rotatable bonds is 4. The molecular formula is C42H26LiN4O+. The fourth-order valence-corrected chi connectivity index (χ4v) is 6.69. The van der Waals surface area contributed by atoms with Gasteiger partial charge in [-0.3, -0.25) is 0 Å². The molecule has 0 spiro atoms. The first-order valence-corrected chi connectivity index (χ1v) is 15.6. The molecule has 0 saturated carbocycles. The number of nitrogens with zero attached hydrogens (tertiary/aromatic N) is 3. The van der Waals surface area contributed by atoms with Crippen LogP contribution in [0.15, 0.2) is 152 Å². The molecule has 2 heterocycles. The first-order valence-electron chi connectivity index (χ1n) is 15.6. The molecule has 0 aliphatic rings. The van der Waals surface area contributed by atoms with Gasteiger partial charge in [0.05, 0.1) is 0 Å². The van der Waals surface area contributed by atoms with Crippen LogP contribution in [0.3, 0.4) is 0 Å². The predicted molar refractivity (Wildman–Crippen MR) is 188 cm³/mol. The van der Waals surface area contributed by atoms with Crippen LogP contribution in [-0.4, -0.2) is 15.0 Å². The molecule has 0 unspecified atom stereocenters. The van der Waals surface area contributed by atoms with Gasteiger partial charge in [0.2, 0.25) is 5.52 Å². The largest absolute Gasteiger partial charge is 1.00 e. The molecule has 48 heavy (non-hydrogen) atoms. The quantitative estimate of drug-likeness (QED) is 0.139. The van der Waals surface area contributed by atoms with E-state index < -0.39 is 0 Å². The van der Waals surface area contributed by atoms with E-state index >= 15 is 0 Å². The van der Waals surface area contributed by atoms with E-state index in [4.69, 9.17) is 15.0 Å². The summed E-state index contributed by atoms with van der Waals surface area (Å²) in [6.45, 7) is 0. The van der Waals surface area contributed by atoms with Crippen LogP contribution in [0.5, 0.6) is 5.75 Å². The van der Waals surface area contributed by atoms with E-state index in [9.17, 15) is 5.11 Å². The molecule has 0 saturated heterocycles. The van der Waals surface area contributed by atoms with Gasteiger partial charge in [-0.2, -0.15) is 0 Å². The Hall–Kier alpha value is -5.86. The Bertz CT molecular complexity index is 2590. The summed E-state index contributed by atoms with van der Waals surface area (Å²) < 4.78 is 0. The minimum Gasteiger partial charge on any atom is -0.868 e. The Morgan fingerprint density at radius 2 is 1.06 bits per heavy atom. The van der Waals surface area contributed by atoms with Crippen LogP contribution in [-0.2, 0) is 0 Å². The summed E-state index contributed by atoms with van der Waals surface area (Å²) in [5, 5.41) is 21.1. The van der Waals surface area contributed by atoms with Crippen LogP contribution < -0.4 is 29.0 Å². The van der Waals surface area contributed by atoms with Crippen LogP contribution in [0.4, 0.5) is 0 Å². The van der Waals surface area contributed by atoms with Crippen molar-refractivity contribution < 1.29 is 29.0 Å². The van der Waals surface area contributed by atoms with Crippen molar-refractivity contribution in [2.45, 2.75) is 0 Å². The molecule has 9 aromatic rings. The number of pyridine rings is 1. The van der Waals surface area contributed by atoms with Crippen LogP contribution in [0.25, 0.3) is 88.5 Å². The fraction of sp³-hybridized carbons (Fsp3) is 0. The predicted octanol–water partition coefficient (Wildman–Crippen LogP) is 6.04. The molecule has 220 valence electrons. The van der Waals surface area contributed by atoms with Crippen molar-refractivity contribution in [2.75, 3.05) is 0 Å². The van der Waals surface area contributed by atoms with Gasteiger partial charge in [-0.05, 0) is 67.4 Å². The summed E-state index contributed by atoms with van der Waals surface area (Å²) >= 11 is 0. The molecule has 0 radical (unpaired) electrons. The molecule has 9 rings (SSSR count). The minimum atomic E-state index is -0.0123. The number of H-pyrrole nitrogens is 1. The van der Waals surface area contributed by atoms with Gasteiger partial charge in [0.15, 0.2) is 23.7 Å².